The molecule has 0 fully saturated rings. The minimum atomic E-state index is -0.262. The molecule has 2 aromatic rings. The number of nitriles is 1. The van der Waals surface area contributed by atoms with Crippen LogP contribution < -0.4 is 4.90 Å². The summed E-state index contributed by atoms with van der Waals surface area (Å²) in [5, 5.41) is 8.89. The van der Waals surface area contributed by atoms with Crippen LogP contribution in [0.25, 0.3) is 0 Å². The van der Waals surface area contributed by atoms with E-state index in [2.05, 4.69) is 6.07 Å². The van der Waals surface area contributed by atoms with Crippen LogP contribution in [-0.2, 0) is 0 Å². The summed E-state index contributed by atoms with van der Waals surface area (Å²) in [6.45, 7) is 1.87. The Labute approximate surface area is 106 Å². The molecule has 2 rings (SSSR count). The van der Waals surface area contributed by atoms with Crippen molar-refractivity contribution in [1.29, 1.82) is 5.26 Å². The predicted molar refractivity (Wildman–Crippen MR) is 70.4 cm³/mol. The predicted octanol–water partition coefficient (Wildman–Crippen LogP) is 3.77. The van der Waals surface area contributed by atoms with Crippen LogP contribution in [0, 0.1) is 24.1 Å². The van der Waals surface area contributed by atoms with Crippen LogP contribution in [0.3, 0.4) is 0 Å². The molecule has 18 heavy (non-hydrogen) atoms. The lowest BCUT2D eigenvalue weighted by atomic mass is 10.1. The van der Waals surface area contributed by atoms with Gasteiger partial charge < -0.3 is 4.90 Å². The van der Waals surface area contributed by atoms with Crippen LogP contribution in [0.1, 0.15) is 11.1 Å². The number of anilines is 2. The van der Waals surface area contributed by atoms with Crippen LogP contribution in [0.15, 0.2) is 42.5 Å². The summed E-state index contributed by atoms with van der Waals surface area (Å²) in [5.74, 6) is -0.262. The van der Waals surface area contributed by atoms with Gasteiger partial charge in [0.15, 0.2) is 0 Å². The molecule has 3 heteroatoms. The number of benzene rings is 2. The largest absolute Gasteiger partial charge is 0.342 e. The Balaban J connectivity index is 2.41. The average Bonchev–Trinajstić information content (AvgIpc) is 2.38. The lowest BCUT2D eigenvalue weighted by Crippen LogP contribution is -2.11. The number of hydrogen-bond acceptors (Lipinski definition) is 2. The van der Waals surface area contributed by atoms with Crippen LogP contribution in [0.4, 0.5) is 15.8 Å². The molecule has 0 saturated heterocycles. The van der Waals surface area contributed by atoms with Crippen LogP contribution >= 0.6 is 0 Å². The SMILES string of the molecule is Cc1cc(N(C)c2ccccc2F)ccc1C#N. The minimum Gasteiger partial charge on any atom is -0.342 e. The number of halogens is 1. The van der Waals surface area contributed by atoms with Gasteiger partial charge >= 0.3 is 0 Å². The van der Waals surface area contributed by atoms with E-state index in [-0.39, 0.29) is 5.82 Å². The molecule has 0 aliphatic carbocycles. The number of rotatable bonds is 2. The molecule has 2 aromatic carbocycles. The molecule has 0 spiro atoms. The van der Waals surface area contributed by atoms with Gasteiger partial charge in [0.05, 0.1) is 17.3 Å². The zero-order chi connectivity index (χ0) is 13.1. The maximum atomic E-state index is 13.7. The Bertz CT molecular complexity index is 614. The van der Waals surface area contributed by atoms with Crippen molar-refractivity contribution >= 4 is 11.4 Å². The Morgan fingerprint density at radius 2 is 1.89 bits per heavy atom. The normalized spacial score (nSPS) is 9.89. The maximum Gasteiger partial charge on any atom is 0.146 e. The van der Waals surface area contributed by atoms with Crippen molar-refractivity contribution in [1.82, 2.24) is 0 Å². The molecule has 0 aromatic heterocycles. The molecule has 0 unspecified atom stereocenters. The molecular formula is C15H13FN2. The third-order valence-electron chi connectivity index (χ3n) is 2.93. The number of aryl methyl sites for hydroxylation is 1. The van der Waals surface area contributed by atoms with Crippen molar-refractivity contribution < 1.29 is 4.39 Å². The summed E-state index contributed by atoms with van der Waals surface area (Å²) in [6, 6.07) is 14.2. The third kappa shape index (κ3) is 2.18. The lowest BCUT2D eigenvalue weighted by molar-refractivity contribution is 0.627. The highest BCUT2D eigenvalue weighted by Crippen LogP contribution is 2.27. The fraction of sp³-hybridized carbons (Fsp3) is 0.133. The van der Waals surface area contributed by atoms with E-state index in [0.29, 0.717) is 11.3 Å². The fourth-order valence-corrected chi connectivity index (χ4v) is 1.84. The lowest BCUT2D eigenvalue weighted by Gasteiger charge is -2.20. The molecule has 0 aliphatic heterocycles. The van der Waals surface area contributed by atoms with E-state index in [1.807, 2.05) is 19.1 Å². The van der Waals surface area contributed by atoms with Gasteiger partial charge in [-0.2, -0.15) is 5.26 Å². The molecule has 90 valence electrons. The molecular weight excluding hydrogens is 227 g/mol. The van der Waals surface area contributed by atoms with Gasteiger partial charge in [-0.3, -0.25) is 0 Å². The van der Waals surface area contributed by atoms with Crippen LogP contribution in [0.5, 0.6) is 0 Å². The fourth-order valence-electron chi connectivity index (χ4n) is 1.84. The van der Waals surface area contributed by atoms with Gasteiger partial charge in [-0.1, -0.05) is 12.1 Å². The molecule has 2 nitrogen and oxygen atoms in total. The monoisotopic (exact) mass is 240 g/mol. The Hall–Kier alpha value is -2.34. The average molecular weight is 240 g/mol. The molecule has 0 saturated carbocycles. The maximum absolute atomic E-state index is 13.7. The molecule has 0 atom stereocenters. The van der Waals surface area contributed by atoms with Crippen molar-refractivity contribution in [3.05, 3.63) is 59.4 Å². The van der Waals surface area contributed by atoms with Crippen LogP contribution in [0.2, 0.25) is 0 Å². The first-order valence-corrected chi connectivity index (χ1v) is 5.62. The summed E-state index contributed by atoms with van der Waals surface area (Å²) in [6.07, 6.45) is 0. The van der Waals surface area contributed by atoms with E-state index in [1.54, 1.807) is 36.2 Å². The Morgan fingerprint density at radius 3 is 2.50 bits per heavy atom. The van der Waals surface area contributed by atoms with E-state index >= 15 is 0 Å². The van der Waals surface area contributed by atoms with Crippen molar-refractivity contribution in [2.45, 2.75) is 6.92 Å². The second-order valence-electron chi connectivity index (χ2n) is 4.12. The zero-order valence-corrected chi connectivity index (χ0v) is 10.3. The number of hydrogen-bond donors (Lipinski definition) is 0. The number of para-hydroxylation sites is 1. The minimum absolute atomic E-state index is 0.262. The third-order valence-corrected chi connectivity index (χ3v) is 2.93. The second kappa shape index (κ2) is 4.89. The Morgan fingerprint density at radius 1 is 1.17 bits per heavy atom. The molecule has 0 heterocycles. The molecule has 0 N–H and O–H groups in total. The highest BCUT2D eigenvalue weighted by atomic mass is 19.1. The summed E-state index contributed by atoms with van der Waals surface area (Å²) < 4.78 is 13.7. The van der Waals surface area contributed by atoms with Gasteiger partial charge in [0.2, 0.25) is 0 Å². The zero-order valence-electron chi connectivity index (χ0n) is 10.3. The molecule has 0 aliphatic rings. The van der Waals surface area contributed by atoms with Gasteiger partial charge in [0, 0.05) is 12.7 Å². The summed E-state index contributed by atoms with van der Waals surface area (Å²) >= 11 is 0. The van der Waals surface area contributed by atoms with Gasteiger partial charge in [-0.05, 0) is 42.8 Å². The van der Waals surface area contributed by atoms with E-state index in [9.17, 15) is 4.39 Å². The van der Waals surface area contributed by atoms with Crippen molar-refractivity contribution in [2.75, 3.05) is 11.9 Å². The van der Waals surface area contributed by atoms with E-state index < -0.39 is 0 Å². The highest BCUT2D eigenvalue weighted by Gasteiger charge is 2.09. The Kier molecular flexibility index (Phi) is 3.29. The van der Waals surface area contributed by atoms with Crippen molar-refractivity contribution in [3.8, 4) is 6.07 Å². The van der Waals surface area contributed by atoms with Crippen molar-refractivity contribution in [2.24, 2.45) is 0 Å². The van der Waals surface area contributed by atoms with Gasteiger partial charge in [0.25, 0.3) is 0 Å². The second-order valence-corrected chi connectivity index (χ2v) is 4.12. The molecule has 0 bridgehead atoms. The summed E-state index contributed by atoms with van der Waals surface area (Å²) in [7, 11) is 1.80. The summed E-state index contributed by atoms with van der Waals surface area (Å²) in [5.41, 5.74) is 2.90. The standard InChI is InChI=1S/C15H13FN2/c1-11-9-13(8-7-12(11)10-17)18(2)15-6-4-3-5-14(15)16/h3-9H,1-2H3. The van der Waals surface area contributed by atoms with E-state index in [0.717, 1.165) is 11.3 Å². The topological polar surface area (TPSA) is 27.0 Å². The first-order chi connectivity index (χ1) is 8.63. The molecule has 0 amide bonds. The quantitative estimate of drug-likeness (QED) is 0.798. The van der Waals surface area contributed by atoms with Crippen molar-refractivity contribution in [3.63, 3.8) is 0 Å². The first-order valence-electron chi connectivity index (χ1n) is 5.62. The van der Waals surface area contributed by atoms with Crippen LogP contribution in [-0.4, -0.2) is 7.05 Å². The first kappa shape index (κ1) is 12.1. The number of nitrogens with zero attached hydrogens (tertiary/aromatic N) is 2. The van der Waals surface area contributed by atoms with Gasteiger partial charge in [0.1, 0.15) is 5.82 Å². The van der Waals surface area contributed by atoms with E-state index in [4.69, 9.17) is 5.26 Å². The van der Waals surface area contributed by atoms with E-state index in [1.165, 1.54) is 6.07 Å². The highest BCUT2D eigenvalue weighted by molar-refractivity contribution is 5.64. The van der Waals surface area contributed by atoms with Gasteiger partial charge in [-0.15, -0.1) is 0 Å². The summed E-state index contributed by atoms with van der Waals surface area (Å²) in [4.78, 5) is 1.77. The molecule has 0 radical (unpaired) electrons. The smallest absolute Gasteiger partial charge is 0.146 e. The van der Waals surface area contributed by atoms with Gasteiger partial charge in [-0.25, -0.2) is 4.39 Å².